The molecule has 6 nitrogen and oxygen atoms in total. The fourth-order valence-corrected chi connectivity index (χ4v) is 5.65. The van der Waals surface area contributed by atoms with Crippen LogP contribution in [-0.2, 0) is 22.7 Å². The molecule has 2 N–H and O–H groups in total. The van der Waals surface area contributed by atoms with Gasteiger partial charge in [-0.25, -0.2) is 13.1 Å². The third kappa shape index (κ3) is 6.82. The van der Waals surface area contributed by atoms with Gasteiger partial charge in [-0.2, -0.15) is 13.2 Å². The van der Waals surface area contributed by atoms with Gasteiger partial charge in [0.1, 0.15) is 0 Å². The minimum atomic E-state index is -4.46. The van der Waals surface area contributed by atoms with E-state index in [9.17, 15) is 26.4 Å². The highest BCUT2D eigenvalue weighted by atomic mass is 35.5. The molecule has 196 valence electrons. The Morgan fingerprint density at radius 2 is 1.65 bits per heavy atom. The Kier molecular flexibility index (Phi) is 8.11. The summed E-state index contributed by atoms with van der Waals surface area (Å²) in [7, 11) is -3.69. The van der Waals surface area contributed by atoms with Crippen molar-refractivity contribution in [3.63, 3.8) is 0 Å². The van der Waals surface area contributed by atoms with Gasteiger partial charge in [0.25, 0.3) is 5.91 Å². The molecule has 11 heteroatoms. The van der Waals surface area contributed by atoms with Crippen molar-refractivity contribution in [1.29, 1.82) is 0 Å². The number of hydrogen-bond donors (Lipinski definition) is 2. The van der Waals surface area contributed by atoms with Gasteiger partial charge >= 0.3 is 6.18 Å². The molecule has 1 amide bonds. The number of anilines is 1. The van der Waals surface area contributed by atoms with Crippen molar-refractivity contribution >= 4 is 33.2 Å². The minimum absolute atomic E-state index is 0.0500. The van der Waals surface area contributed by atoms with Crippen LogP contribution >= 0.6 is 11.6 Å². The van der Waals surface area contributed by atoms with Crippen molar-refractivity contribution in [1.82, 2.24) is 10.0 Å². The number of rotatable bonds is 7. The first-order chi connectivity index (χ1) is 17.5. The highest BCUT2D eigenvalue weighted by molar-refractivity contribution is 7.89. The summed E-state index contributed by atoms with van der Waals surface area (Å²) in [6.45, 7) is 0.989. The first kappa shape index (κ1) is 27.0. The Labute approximate surface area is 218 Å². The Morgan fingerprint density at radius 3 is 2.32 bits per heavy atom. The lowest BCUT2D eigenvalue weighted by Gasteiger charge is -2.34. The SMILES string of the molecule is O=C(NCc1cccc(C(F)(F)F)c1)c1ccccc1N1CCC(NS(=O)(=O)c2ccc(Cl)cc2)CC1. The van der Waals surface area contributed by atoms with Gasteiger partial charge in [-0.1, -0.05) is 35.9 Å². The van der Waals surface area contributed by atoms with E-state index < -0.39 is 27.7 Å². The van der Waals surface area contributed by atoms with E-state index in [1.165, 1.54) is 36.4 Å². The van der Waals surface area contributed by atoms with Crippen LogP contribution in [0, 0.1) is 0 Å². The standard InChI is InChI=1S/C26H25ClF3N3O3S/c27-20-8-10-22(11-9-20)37(35,36)32-21-12-14-33(15-13-21)24-7-2-1-6-23(24)25(34)31-17-18-4-3-5-19(16-18)26(28,29)30/h1-11,16,21,32H,12-15,17H2,(H,31,34). The second-order valence-corrected chi connectivity index (χ2v) is 10.9. The van der Waals surface area contributed by atoms with Crippen molar-refractivity contribution < 1.29 is 26.4 Å². The summed E-state index contributed by atoms with van der Waals surface area (Å²) in [5.41, 5.74) is 0.654. The molecule has 0 spiro atoms. The number of carbonyl (C=O) groups excluding carboxylic acids is 1. The molecule has 3 aromatic rings. The summed E-state index contributed by atoms with van der Waals surface area (Å²) in [5.74, 6) is -0.404. The molecule has 37 heavy (non-hydrogen) atoms. The van der Waals surface area contributed by atoms with Crippen LogP contribution in [0.25, 0.3) is 0 Å². The topological polar surface area (TPSA) is 78.5 Å². The number of alkyl halides is 3. The van der Waals surface area contributed by atoms with E-state index >= 15 is 0 Å². The number of halogens is 4. The number of amides is 1. The highest BCUT2D eigenvalue weighted by Crippen LogP contribution is 2.30. The molecule has 0 atom stereocenters. The number of nitrogens with one attached hydrogen (secondary N) is 2. The summed E-state index contributed by atoms with van der Waals surface area (Å²) < 4.78 is 67.0. The molecule has 1 aliphatic heterocycles. The lowest BCUT2D eigenvalue weighted by atomic mass is 10.0. The van der Waals surface area contributed by atoms with Gasteiger partial charge in [-0.05, 0) is 66.9 Å². The average molecular weight is 552 g/mol. The molecule has 0 aliphatic carbocycles. The summed E-state index contributed by atoms with van der Waals surface area (Å²) >= 11 is 5.85. The van der Waals surface area contributed by atoms with Crippen LogP contribution in [-0.4, -0.2) is 33.5 Å². The van der Waals surface area contributed by atoms with E-state index in [-0.39, 0.29) is 17.5 Å². The van der Waals surface area contributed by atoms with Crippen LogP contribution in [0.4, 0.5) is 18.9 Å². The molecular weight excluding hydrogens is 527 g/mol. The van der Waals surface area contributed by atoms with E-state index in [2.05, 4.69) is 10.0 Å². The zero-order valence-corrected chi connectivity index (χ0v) is 21.2. The van der Waals surface area contributed by atoms with Crippen molar-refractivity contribution in [2.24, 2.45) is 0 Å². The van der Waals surface area contributed by atoms with Crippen molar-refractivity contribution in [2.75, 3.05) is 18.0 Å². The van der Waals surface area contributed by atoms with Gasteiger partial charge < -0.3 is 10.2 Å². The maximum absolute atomic E-state index is 13.0. The van der Waals surface area contributed by atoms with Crippen molar-refractivity contribution in [3.05, 3.63) is 94.5 Å². The maximum Gasteiger partial charge on any atom is 0.416 e. The zero-order valence-electron chi connectivity index (χ0n) is 19.6. The second kappa shape index (κ2) is 11.1. The molecule has 4 rings (SSSR count). The Morgan fingerprint density at radius 1 is 0.973 bits per heavy atom. The van der Waals surface area contributed by atoms with Crippen LogP contribution in [0.15, 0.2) is 77.7 Å². The normalized spacial score (nSPS) is 15.0. The molecule has 0 saturated carbocycles. The number of sulfonamides is 1. The second-order valence-electron chi connectivity index (χ2n) is 8.73. The number of hydrogen-bond acceptors (Lipinski definition) is 4. The van der Waals surface area contributed by atoms with E-state index in [0.29, 0.717) is 47.8 Å². The monoisotopic (exact) mass is 551 g/mol. The fraction of sp³-hybridized carbons (Fsp3) is 0.269. The summed E-state index contributed by atoms with van der Waals surface area (Å²) in [4.78, 5) is 15.1. The van der Waals surface area contributed by atoms with Crippen molar-refractivity contribution in [2.45, 2.75) is 36.5 Å². The van der Waals surface area contributed by atoms with E-state index in [1.54, 1.807) is 24.3 Å². The summed E-state index contributed by atoms with van der Waals surface area (Å²) in [5, 5.41) is 3.15. The quantitative estimate of drug-likeness (QED) is 0.421. The van der Waals surface area contributed by atoms with Gasteiger partial charge in [-0.3, -0.25) is 4.79 Å². The average Bonchev–Trinajstić information content (AvgIpc) is 2.87. The van der Waals surface area contributed by atoms with E-state index in [1.807, 2.05) is 4.90 Å². The Bertz CT molecular complexity index is 1360. The fourth-order valence-electron chi connectivity index (χ4n) is 4.22. The number of benzene rings is 3. The van der Waals surface area contributed by atoms with Gasteiger partial charge in [0.2, 0.25) is 10.0 Å². The van der Waals surface area contributed by atoms with Gasteiger partial charge in [0.05, 0.1) is 16.0 Å². The molecule has 1 heterocycles. The minimum Gasteiger partial charge on any atom is -0.371 e. The molecule has 0 bridgehead atoms. The molecule has 0 radical (unpaired) electrons. The number of nitrogens with zero attached hydrogens (tertiary/aromatic N) is 1. The van der Waals surface area contributed by atoms with Gasteiger partial charge in [0.15, 0.2) is 0 Å². The zero-order chi connectivity index (χ0) is 26.6. The first-order valence-electron chi connectivity index (χ1n) is 11.6. The smallest absolute Gasteiger partial charge is 0.371 e. The predicted octanol–water partition coefficient (Wildman–Crippen LogP) is 5.24. The number of carbonyl (C=O) groups is 1. The summed E-state index contributed by atoms with van der Waals surface area (Å²) in [6, 6.07) is 17.5. The Balaban J connectivity index is 1.38. The lowest BCUT2D eigenvalue weighted by Crippen LogP contribution is -2.45. The molecular formula is C26H25ClF3N3O3S. The third-order valence-electron chi connectivity index (χ3n) is 6.14. The van der Waals surface area contributed by atoms with Crippen LogP contribution in [0.5, 0.6) is 0 Å². The molecule has 1 fully saturated rings. The molecule has 0 aromatic heterocycles. The lowest BCUT2D eigenvalue weighted by molar-refractivity contribution is -0.137. The number of para-hydroxylation sites is 1. The van der Waals surface area contributed by atoms with Crippen LogP contribution in [0.2, 0.25) is 5.02 Å². The van der Waals surface area contributed by atoms with Crippen LogP contribution in [0.3, 0.4) is 0 Å². The van der Waals surface area contributed by atoms with E-state index in [0.717, 1.165) is 12.1 Å². The van der Waals surface area contributed by atoms with Gasteiger partial charge in [-0.15, -0.1) is 0 Å². The largest absolute Gasteiger partial charge is 0.416 e. The third-order valence-corrected chi connectivity index (χ3v) is 7.93. The first-order valence-corrected chi connectivity index (χ1v) is 13.5. The van der Waals surface area contributed by atoms with E-state index in [4.69, 9.17) is 11.6 Å². The molecule has 3 aromatic carbocycles. The maximum atomic E-state index is 13.0. The van der Waals surface area contributed by atoms with Crippen LogP contribution in [0.1, 0.15) is 34.3 Å². The van der Waals surface area contributed by atoms with Crippen molar-refractivity contribution in [3.8, 4) is 0 Å². The van der Waals surface area contributed by atoms with Gasteiger partial charge in [0, 0.05) is 36.4 Å². The Hall–Kier alpha value is -3.08. The van der Waals surface area contributed by atoms with Crippen LogP contribution < -0.4 is 14.9 Å². The number of piperidine rings is 1. The predicted molar refractivity (Wildman–Crippen MR) is 136 cm³/mol. The molecule has 1 aliphatic rings. The molecule has 0 unspecified atom stereocenters. The molecule has 1 saturated heterocycles. The highest BCUT2D eigenvalue weighted by Gasteiger charge is 2.30. The summed E-state index contributed by atoms with van der Waals surface area (Å²) in [6.07, 6.45) is -3.39.